The highest BCUT2D eigenvalue weighted by Gasteiger charge is 2.40. The fourth-order valence-corrected chi connectivity index (χ4v) is 4.76. The van der Waals surface area contributed by atoms with Gasteiger partial charge in [0.25, 0.3) is 5.91 Å². The van der Waals surface area contributed by atoms with Gasteiger partial charge in [0.2, 0.25) is 5.75 Å². The van der Waals surface area contributed by atoms with Crippen LogP contribution < -0.4 is 24.8 Å². The van der Waals surface area contributed by atoms with Crippen molar-refractivity contribution in [2.45, 2.75) is 32.6 Å². The molecule has 2 atom stereocenters. The lowest BCUT2D eigenvalue weighted by Gasteiger charge is -2.36. The van der Waals surface area contributed by atoms with Crippen LogP contribution in [0.1, 0.15) is 38.2 Å². The number of ketones is 1. The van der Waals surface area contributed by atoms with E-state index in [1.807, 2.05) is 6.92 Å². The van der Waals surface area contributed by atoms with E-state index < -0.39 is 5.92 Å². The molecule has 0 spiro atoms. The molecule has 1 aliphatic heterocycles. The van der Waals surface area contributed by atoms with Crippen LogP contribution in [0.2, 0.25) is 0 Å². The Morgan fingerprint density at radius 3 is 2.38 bits per heavy atom. The van der Waals surface area contributed by atoms with Gasteiger partial charge in [0, 0.05) is 41.1 Å². The fraction of sp³-hybridized carbons (Fsp3) is 0.346. The second-order valence-corrected chi connectivity index (χ2v) is 8.55. The van der Waals surface area contributed by atoms with Crippen LogP contribution in [0, 0.1) is 5.92 Å². The standard InChI is InChI=1S/C26H29N3O5/c1-14-10-17-24(18(30)11-14)23(16-12-19(32-3)25(34-5)20(13-16)33-4)22(15(2)28-17)26(31)29-21-8-6-7-9-27-21/h6-9,12-14,23,28H,10-11H2,1-5H3,(H,27,29,31)/t14-,23-/m1/s1. The third-order valence-electron chi connectivity index (χ3n) is 6.20. The molecule has 0 radical (unpaired) electrons. The molecule has 0 bridgehead atoms. The number of pyridine rings is 1. The van der Waals surface area contributed by atoms with Crippen molar-refractivity contribution in [2.75, 3.05) is 26.6 Å². The van der Waals surface area contributed by atoms with Crippen LogP contribution in [0.25, 0.3) is 0 Å². The van der Waals surface area contributed by atoms with E-state index in [2.05, 4.69) is 22.5 Å². The molecule has 4 rings (SSSR count). The minimum Gasteiger partial charge on any atom is -0.493 e. The third-order valence-corrected chi connectivity index (χ3v) is 6.20. The number of carbonyl (C=O) groups excluding carboxylic acids is 2. The van der Waals surface area contributed by atoms with Crippen molar-refractivity contribution < 1.29 is 23.8 Å². The molecule has 1 aromatic carbocycles. The number of ether oxygens (including phenoxy) is 3. The number of benzene rings is 1. The largest absolute Gasteiger partial charge is 0.493 e. The number of amides is 1. The molecule has 8 heteroatoms. The summed E-state index contributed by atoms with van der Waals surface area (Å²) in [6.45, 7) is 3.91. The first kappa shape index (κ1) is 23.4. The van der Waals surface area contributed by atoms with Gasteiger partial charge in [0.15, 0.2) is 17.3 Å². The first-order chi connectivity index (χ1) is 16.4. The molecule has 0 fully saturated rings. The second-order valence-electron chi connectivity index (χ2n) is 8.55. The topological polar surface area (TPSA) is 98.8 Å². The van der Waals surface area contributed by atoms with Crippen LogP contribution in [0.5, 0.6) is 17.2 Å². The van der Waals surface area contributed by atoms with E-state index in [1.165, 1.54) is 21.3 Å². The second kappa shape index (κ2) is 9.59. The number of aromatic nitrogens is 1. The lowest BCUT2D eigenvalue weighted by Crippen LogP contribution is -2.37. The van der Waals surface area contributed by atoms with Gasteiger partial charge in [-0.25, -0.2) is 4.98 Å². The van der Waals surface area contributed by atoms with Gasteiger partial charge in [-0.3, -0.25) is 9.59 Å². The van der Waals surface area contributed by atoms with Crippen LogP contribution >= 0.6 is 0 Å². The Labute approximate surface area is 199 Å². The van der Waals surface area contributed by atoms with E-state index in [1.54, 1.807) is 36.5 Å². The van der Waals surface area contributed by atoms with Crippen molar-refractivity contribution in [2.24, 2.45) is 5.92 Å². The van der Waals surface area contributed by atoms with Crippen molar-refractivity contribution in [3.05, 3.63) is 64.6 Å². The van der Waals surface area contributed by atoms with Gasteiger partial charge in [-0.2, -0.15) is 0 Å². The van der Waals surface area contributed by atoms with E-state index >= 15 is 0 Å². The summed E-state index contributed by atoms with van der Waals surface area (Å²) in [5.41, 5.74) is 3.30. The van der Waals surface area contributed by atoms with Crippen LogP contribution in [-0.4, -0.2) is 38.0 Å². The quantitative estimate of drug-likeness (QED) is 0.669. The summed E-state index contributed by atoms with van der Waals surface area (Å²) in [6.07, 6.45) is 2.77. The smallest absolute Gasteiger partial charge is 0.255 e. The van der Waals surface area contributed by atoms with Crippen molar-refractivity contribution >= 4 is 17.5 Å². The van der Waals surface area contributed by atoms with Crippen molar-refractivity contribution in [1.82, 2.24) is 10.3 Å². The van der Waals surface area contributed by atoms with Gasteiger partial charge in [-0.05, 0) is 49.1 Å². The SMILES string of the molecule is COc1cc([C@@H]2C(C(=O)Nc3ccccn3)=C(C)NC3=C2C(=O)C[C@H](C)C3)cc(OC)c1OC. The highest BCUT2D eigenvalue weighted by molar-refractivity contribution is 6.09. The van der Waals surface area contributed by atoms with Gasteiger partial charge in [0.05, 0.1) is 21.3 Å². The summed E-state index contributed by atoms with van der Waals surface area (Å²) >= 11 is 0. The Kier molecular flexibility index (Phi) is 6.58. The van der Waals surface area contributed by atoms with Gasteiger partial charge >= 0.3 is 0 Å². The fourth-order valence-electron chi connectivity index (χ4n) is 4.76. The number of hydrogen-bond acceptors (Lipinski definition) is 7. The van der Waals surface area contributed by atoms with Gasteiger partial charge in [0.1, 0.15) is 5.82 Å². The lowest BCUT2D eigenvalue weighted by atomic mass is 9.73. The Morgan fingerprint density at radius 2 is 1.79 bits per heavy atom. The van der Waals surface area contributed by atoms with Gasteiger partial charge in [-0.1, -0.05) is 13.0 Å². The zero-order valence-electron chi connectivity index (χ0n) is 20.0. The molecular formula is C26H29N3O5. The number of allylic oxidation sites excluding steroid dienone is 3. The molecule has 1 aliphatic carbocycles. The molecule has 1 aromatic heterocycles. The van der Waals surface area contributed by atoms with Crippen molar-refractivity contribution in [1.29, 1.82) is 0 Å². The minimum absolute atomic E-state index is 0.0237. The molecule has 0 saturated carbocycles. The van der Waals surface area contributed by atoms with Crippen LogP contribution in [0.4, 0.5) is 5.82 Å². The average Bonchev–Trinajstić information content (AvgIpc) is 2.82. The number of anilines is 1. The maximum Gasteiger partial charge on any atom is 0.255 e. The summed E-state index contributed by atoms with van der Waals surface area (Å²) in [5, 5.41) is 6.22. The van der Waals surface area contributed by atoms with Crippen LogP contribution in [0.3, 0.4) is 0 Å². The number of hydrogen-bond donors (Lipinski definition) is 2. The Balaban J connectivity index is 1.89. The molecule has 2 aromatic rings. The minimum atomic E-state index is -0.603. The van der Waals surface area contributed by atoms with Crippen molar-refractivity contribution in [3.63, 3.8) is 0 Å². The van der Waals surface area contributed by atoms with Crippen LogP contribution in [0.15, 0.2) is 59.1 Å². The van der Waals surface area contributed by atoms with Crippen LogP contribution in [-0.2, 0) is 9.59 Å². The van der Waals surface area contributed by atoms with E-state index in [-0.39, 0.29) is 17.6 Å². The molecule has 8 nitrogen and oxygen atoms in total. The maximum absolute atomic E-state index is 13.6. The van der Waals surface area contributed by atoms with E-state index in [9.17, 15) is 9.59 Å². The molecule has 1 amide bonds. The molecule has 34 heavy (non-hydrogen) atoms. The zero-order chi connectivity index (χ0) is 24.4. The summed E-state index contributed by atoms with van der Waals surface area (Å²) < 4.78 is 16.6. The summed E-state index contributed by atoms with van der Waals surface area (Å²) in [7, 11) is 4.61. The maximum atomic E-state index is 13.6. The monoisotopic (exact) mass is 463 g/mol. The normalized spacial score (nSPS) is 19.9. The number of carbonyl (C=O) groups is 2. The Bertz CT molecular complexity index is 1160. The molecule has 2 aliphatic rings. The average molecular weight is 464 g/mol. The molecule has 0 unspecified atom stereocenters. The molecule has 2 heterocycles. The van der Waals surface area contributed by atoms with Gasteiger partial charge < -0.3 is 24.8 Å². The number of dihydropyridines is 1. The van der Waals surface area contributed by atoms with E-state index in [0.717, 1.165) is 12.1 Å². The molecule has 178 valence electrons. The number of rotatable bonds is 6. The zero-order valence-corrected chi connectivity index (χ0v) is 20.0. The summed E-state index contributed by atoms with van der Waals surface area (Å²) in [6, 6.07) is 8.90. The van der Waals surface area contributed by atoms with E-state index in [0.29, 0.717) is 51.9 Å². The Morgan fingerprint density at radius 1 is 1.09 bits per heavy atom. The lowest BCUT2D eigenvalue weighted by molar-refractivity contribution is -0.117. The Hall–Kier alpha value is -3.81. The first-order valence-electron chi connectivity index (χ1n) is 11.1. The summed E-state index contributed by atoms with van der Waals surface area (Å²) in [4.78, 5) is 31.1. The first-order valence-corrected chi connectivity index (χ1v) is 11.1. The highest BCUT2D eigenvalue weighted by Crippen LogP contribution is 2.47. The molecular weight excluding hydrogens is 434 g/mol. The van der Waals surface area contributed by atoms with Crippen molar-refractivity contribution in [3.8, 4) is 17.2 Å². The number of nitrogens with one attached hydrogen (secondary N) is 2. The predicted molar refractivity (Wildman–Crippen MR) is 128 cm³/mol. The molecule has 0 saturated heterocycles. The highest BCUT2D eigenvalue weighted by atomic mass is 16.5. The molecule has 2 N–H and O–H groups in total. The number of nitrogens with zero attached hydrogens (tertiary/aromatic N) is 1. The summed E-state index contributed by atoms with van der Waals surface area (Å²) in [5.74, 6) is 1.09. The third kappa shape index (κ3) is 4.23. The van der Waals surface area contributed by atoms with Gasteiger partial charge in [-0.15, -0.1) is 0 Å². The number of Topliss-reactive ketones (excluding diaryl/α,β-unsaturated/α-hetero) is 1. The van der Waals surface area contributed by atoms with E-state index in [4.69, 9.17) is 14.2 Å². The number of methoxy groups -OCH3 is 3. The predicted octanol–water partition coefficient (Wildman–Crippen LogP) is 3.96.